The lowest BCUT2D eigenvalue weighted by atomic mass is 10.1. The molecule has 0 radical (unpaired) electrons. The Balaban J connectivity index is 2.37. The molecule has 0 fully saturated rings. The summed E-state index contributed by atoms with van der Waals surface area (Å²) in [5.41, 5.74) is 10.2. The summed E-state index contributed by atoms with van der Waals surface area (Å²) in [7, 11) is 3.29. The molecule has 0 saturated heterocycles. The third-order valence-corrected chi connectivity index (χ3v) is 3.52. The van der Waals surface area contributed by atoms with Gasteiger partial charge in [-0.25, -0.2) is 4.79 Å². The average molecular weight is 284 g/mol. The van der Waals surface area contributed by atoms with Crippen LogP contribution in [0.4, 0.5) is 11.4 Å². The first-order valence-corrected chi connectivity index (χ1v) is 6.77. The number of hydrogen-bond acceptors (Lipinski definition) is 4. The van der Waals surface area contributed by atoms with Gasteiger partial charge in [0.15, 0.2) is 0 Å². The molecule has 0 heterocycles. The van der Waals surface area contributed by atoms with Crippen LogP contribution in [-0.4, -0.2) is 20.1 Å². The number of para-hydroxylation sites is 1. The summed E-state index contributed by atoms with van der Waals surface area (Å²) in [5.74, 6) is -0.381. The molecule has 0 aliphatic carbocycles. The molecule has 110 valence electrons. The van der Waals surface area contributed by atoms with Gasteiger partial charge in [-0.15, -0.1) is 0 Å². The topological polar surface area (TPSA) is 55.6 Å². The minimum absolute atomic E-state index is 0.381. The number of benzene rings is 2. The van der Waals surface area contributed by atoms with Crippen molar-refractivity contribution in [2.75, 3.05) is 24.8 Å². The molecular formula is C17H20N2O2. The van der Waals surface area contributed by atoms with Gasteiger partial charge in [0.2, 0.25) is 0 Å². The van der Waals surface area contributed by atoms with Gasteiger partial charge < -0.3 is 15.4 Å². The van der Waals surface area contributed by atoms with E-state index in [4.69, 9.17) is 10.5 Å². The minimum Gasteiger partial charge on any atom is -0.465 e. The quantitative estimate of drug-likeness (QED) is 0.692. The molecule has 2 N–H and O–H groups in total. The van der Waals surface area contributed by atoms with Crippen LogP contribution in [0.3, 0.4) is 0 Å². The first kappa shape index (κ1) is 14.9. The van der Waals surface area contributed by atoms with Crippen molar-refractivity contribution in [3.05, 3.63) is 59.2 Å². The number of anilines is 2. The Morgan fingerprint density at radius 2 is 1.90 bits per heavy atom. The summed E-state index contributed by atoms with van der Waals surface area (Å²) in [5, 5.41) is 0. The van der Waals surface area contributed by atoms with Crippen LogP contribution in [0, 0.1) is 6.92 Å². The molecule has 0 aromatic heterocycles. The molecule has 21 heavy (non-hydrogen) atoms. The molecule has 4 nitrogen and oxygen atoms in total. The molecule has 0 unspecified atom stereocenters. The van der Waals surface area contributed by atoms with Gasteiger partial charge >= 0.3 is 5.97 Å². The summed E-state index contributed by atoms with van der Waals surface area (Å²) in [4.78, 5) is 13.9. The molecule has 0 spiro atoms. The van der Waals surface area contributed by atoms with E-state index >= 15 is 0 Å². The van der Waals surface area contributed by atoms with Crippen LogP contribution < -0.4 is 10.6 Å². The van der Waals surface area contributed by atoms with Gasteiger partial charge in [0, 0.05) is 13.6 Å². The third kappa shape index (κ3) is 3.16. The Labute approximate surface area is 125 Å². The first-order chi connectivity index (χ1) is 10.0. The van der Waals surface area contributed by atoms with Crippen LogP contribution in [-0.2, 0) is 11.3 Å². The molecule has 2 aromatic rings. The van der Waals surface area contributed by atoms with E-state index in [-0.39, 0.29) is 5.97 Å². The number of carbonyl (C=O) groups excluding carboxylic acids is 1. The van der Waals surface area contributed by atoms with E-state index in [9.17, 15) is 4.79 Å². The fourth-order valence-electron chi connectivity index (χ4n) is 2.38. The Hall–Kier alpha value is -2.49. The number of esters is 1. The zero-order valence-electron chi connectivity index (χ0n) is 12.6. The highest BCUT2D eigenvalue weighted by Gasteiger charge is 2.18. The van der Waals surface area contributed by atoms with Crippen LogP contribution in [0.5, 0.6) is 0 Å². The van der Waals surface area contributed by atoms with E-state index < -0.39 is 0 Å². The standard InChI is InChI=1S/C17H20N2O2/c1-12-7-4-5-8-13(12)11-19(2)16-14(17(20)21-3)9-6-10-15(16)18/h4-10H,11,18H2,1-3H3. The number of carbonyl (C=O) groups is 1. The predicted molar refractivity (Wildman–Crippen MR) is 85.5 cm³/mol. The van der Waals surface area contributed by atoms with Gasteiger partial charge in [0.25, 0.3) is 0 Å². The van der Waals surface area contributed by atoms with Gasteiger partial charge in [-0.2, -0.15) is 0 Å². The third-order valence-electron chi connectivity index (χ3n) is 3.52. The van der Waals surface area contributed by atoms with Crippen molar-refractivity contribution in [3.63, 3.8) is 0 Å². The number of methoxy groups -OCH3 is 1. The van der Waals surface area contributed by atoms with Crippen molar-refractivity contribution in [2.45, 2.75) is 13.5 Å². The molecule has 4 heteroatoms. The van der Waals surface area contributed by atoms with Gasteiger partial charge in [-0.05, 0) is 30.2 Å². The maximum atomic E-state index is 11.9. The minimum atomic E-state index is -0.381. The summed E-state index contributed by atoms with van der Waals surface area (Å²) < 4.78 is 4.83. The first-order valence-electron chi connectivity index (χ1n) is 6.77. The van der Waals surface area contributed by atoms with Gasteiger partial charge in [-0.1, -0.05) is 30.3 Å². The summed E-state index contributed by atoms with van der Waals surface area (Å²) in [6.07, 6.45) is 0. The number of nitrogens with two attached hydrogens (primary N) is 1. The Kier molecular flexibility index (Phi) is 4.48. The van der Waals surface area contributed by atoms with Crippen LogP contribution >= 0.6 is 0 Å². The second kappa shape index (κ2) is 6.31. The predicted octanol–water partition coefficient (Wildman–Crippen LogP) is 3.00. The number of ether oxygens (including phenoxy) is 1. The highest BCUT2D eigenvalue weighted by Crippen LogP contribution is 2.29. The smallest absolute Gasteiger partial charge is 0.340 e. The fourth-order valence-corrected chi connectivity index (χ4v) is 2.38. The van der Waals surface area contributed by atoms with E-state index in [1.54, 1.807) is 18.2 Å². The zero-order valence-corrected chi connectivity index (χ0v) is 12.6. The Bertz CT molecular complexity index is 653. The monoisotopic (exact) mass is 284 g/mol. The van der Waals surface area contributed by atoms with Gasteiger partial charge in [0.1, 0.15) is 0 Å². The lowest BCUT2D eigenvalue weighted by Crippen LogP contribution is -2.21. The van der Waals surface area contributed by atoms with E-state index in [1.807, 2.05) is 24.1 Å². The van der Waals surface area contributed by atoms with E-state index in [1.165, 1.54) is 18.2 Å². The molecule has 0 aliphatic heterocycles. The molecule has 2 aromatic carbocycles. The maximum absolute atomic E-state index is 11.9. The second-order valence-electron chi connectivity index (χ2n) is 5.02. The van der Waals surface area contributed by atoms with Crippen molar-refractivity contribution in [1.82, 2.24) is 0 Å². The molecule has 0 bridgehead atoms. The lowest BCUT2D eigenvalue weighted by molar-refractivity contribution is 0.0601. The van der Waals surface area contributed by atoms with E-state index in [0.29, 0.717) is 23.5 Å². The number of rotatable bonds is 4. The lowest BCUT2D eigenvalue weighted by Gasteiger charge is -2.24. The van der Waals surface area contributed by atoms with Gasteiger partial charge in [0.05, 0.1) is 24.0 Å². The van der Waals surface area contributed by atoms with E-state index in [2.05, 4.69) is 19.1 Å². The molecule has 0 saturated carbocycles. The molecule has 0 amide bonds. The fraction of sp³-hybridized carbons (Fsp3) is 0.235. The van der Waals surface area contributed by atoms with Crippen molar-refractivity contribution in [3.8, 4) is 0 Å². The maximum Gasteiger partial charge on any atom is 0.340 e. The molecular weight excluding hydrogens is 264 g/mol. The van der Waals surface area contributed by atoms with E-state index in [0.717, 1.165) is 0 Å². The Morgan fingerprint density at radius 3 is 2.57 bits per heavy atom. The van der Waals surface area contributed by atoms with Gasteiger partial charge in [-0.3, -0.25) is 0 Å². The SMILES string of the molecule is COC(=O)c1cccc(N)c1N(C)Cc1ccccc1C. The van der Waals surface area contributed by atoms with Crippen LogP contribution in [0.1, 0.15) is 21.5 Å². The number of hydrogen-bond donors (Lipinski definition) is 1. The summed E-state index contributed by atoms with van der Waals surface area (Å²) >= 11 is 0. The summed E-state index contributed by atoms with van der Waals surface area (Å²) in [6, 6.07) is 13.4. The second-order valence-corrected chi connectivity index (χ2v) is 5.02. The van der Waals surface area contributed by atoms with Crippen LogP contribution in [0.2, 0.25) is 0 Å². The molecule has 0 aliphatic rings. The Morgan fingerprint density at radius 1 is 1.19 bits per heavy atom. The number of nitrogen functional groups attached to an aromatic ring is 1. The van der Waals surface area contributed by atoms with Crippen molar-refractivity contribution in [1.29, 1.82) is 0 Å². The highest BCUT2D eigenvalue weighted by molar-refractivity contribution is 5.99. The zero-order chi connectivity index (χ0) is 15.4. The molecule has 0 atom stereocenters. The normalized spacial score (nSPS) is 10.2. The van der Waals surface area contributed by atoms with Crippen LogP contribution in [0.15, 0.2) is 42.5 Å². The van der Waals surface area contributed by atoms with Crippen LogP contribution in [0.25, 0.3) is 0 Å². The number of nitrogens with zero attached hydrogens (tertiary/aromatic N) is 1. The van der Waals surface area contributed by atoms with Crippen molar-refractivity contribution in [2.24, 2.45) is 0 Å². The highest BCUT2D eigenvalue weighted by atomic mass is 16.5. The number of aryl methyl sites for hydroxylation is 1. The van der Waals surface area contributed by atoms with Crippen molar-refractivity contribution < 1.29 is 9.53 Å². The largest absolute Gasteiger partial charge is 0.465 e. The summed E-state index contributed by atoms with van der Waals surface area (Å²) in [6.45, 7) is 2.74. The molecule has 2 rings (SSSR count). The average Bonchev–Trinajstić information content (AvgIpc) is 2.48. The van der Waals surface area contributed by atoms with Crippen molar-refractivity contribution >= 4 is 17.3 Å².